The lowest BCUT2D eigenvalue weighted by atomic mass is 10.2. The fourth-order valence-corrected chi connectivity index (χ4v) is 1.27. The van der Waals surface area contributed by atoms with E-state index in [1.54, 1.807) is 24.0 Å². The number of nitrogen functional groups attached to an aromatic ring is 1. The molecule has 1 aromatic rings. The predicted molar refractivity (Wildman–Crippen MR) is 75.8 cm³/mol. The van der Waals surface area contributed by atoms with E-state index in [-0.39, 0.29) is 23.1 Å². The summed E-state index contributed by atoms with van der Waals surface area (Å²) in [6, 6.07) is 1.62. The van der Waals surface area contributed by atoms with E-state index in [2.05, 4.69) is 24.1 Å². The molecular formula is C11H18ClN3OS. The van der Waals surface area contributed by atoms with Crippen LogP contribution < -0.4 is 11.1 Å². The number of carbonyl (C=O) groups is 1. The van der Waals surface area contributed by atoms with E-state index < -0.39 is 0 Å². The summed E-state index contributed by atoms with van der Waals surface area (Å²) in [5.41, 5.74) is 6.57. The van der Waals surface area contributed by atoms with Gasteiger partial charge in [0.1, 0.15) is 0 Å². The molecule has 0 fully saturated rings. The Kier molecular flexibility index (Phi) is 6.34. The molecule has 17 heavy (non-hydrogen) atoms. The zero-order valence-electron chi connectivity index (χ0n) is 10.2. The molecule has 96 valence electrons. The van der Waals surface area contributed by atoms with Gasteiger partial charge in [0.05, 0.1) is 5.56 Å². The third-order valence-corrected chi connectivity index (χ3v) is 3.58. The zero-order chi connectivity index (χ0) is 12.2. The van der Waals surface area contributed by atoms with Gasteiger partial charge in [-0.05, 0) is 26.2 Å². The summed E-state index contributed by atoms with van der Waals surface area (Å²) in [6.07, 6.45) is 5.07. The zero-order valence-corrected chi connectivity index (χ0v) is 11.8. The van der Waals surface area contributed by atoms with Crippen molar-refractivity contribution in [3.8, 4) is 0 Å². The van der Waals surface area contributed by atoms with Crippen molar-refractivity contribution in [1.82, 2.24) is 10.3 Å². The van der Waals surface area contributed by atoms with Crippen molar-refractivity contribution in [1.29, 1.82) is 0 Å². The number of halogens is 1. The van der Waals surface area contributed by atoms with Gasteiger partial charge in [0.15, 0.2) is 0 Å². The molecule has 3 N–H and O–H groups in total. The first kappa shape index (κ1) is 16.1. The van der Waals surface area contributed by atoms with Gasteiger partial charge in [-0.25, -0.2) is 0 Å². The van der Waals surface area contributed by atoms with Crippen LogP contribution in [0.1, 0.15) is 24.2 Å². The molecular weight excluding hydrogens is 258 g/mol. The molecule has 0 spiro atoms. The van der Waals surface area contributed by atoms with Crippen LogP contribution >= 0.6 is 24.2 Å². The lowest BCUT2D eigenvalue weighted by Crippen LogP contribution is -2.36. The smallest absolute Gasteiger partial charge is 0.254 e. The van der Waals surface area contributed by atoms with E-state index in [0.29, 0.717) is 17.8 Å². The van der Waals surface area contributed by atoms with E-state index in [1.807, 2.05) is 6.26 Å². The van der Waals surface area contributed by atoms with Gasteiger partial charge in [-0.1, -0.05) is 0 Å². The first-order valence-corrected chi connectivity index (χ1v) is 6.21. The summed E-state index contributed by atoms with van der Waals surface area (Å²) < 4.78 is 0.0205. The topological polar surface area (TPSA) is 68.0 Å². The van der Waals surface area contributed by atoms with E-state index in [4.69, 9.17) is 5.73 Å². The Hall–Kier alpha value is -0.940. The second kappa shape index (κ2) is 6.71. The van der Waals surface area contributed by atoms with Crippen LogP contribution in [0.2, 0.25) is 0 Å². The summed E-state index contributed by atoms with van der Waals surface area (Å²) in [6.45, 7) is 4.75. The Morgan fingerprint density at radius 2 is 2.24 bits per heavy atom. The van der Waals surface area contributed by atoms with Crippen LogP contribution in [0.4, 0.5) is 5.69 Å². The number of rotatable bonds is 4. The number of hydrogen-bond donors (Lipinski definition) is 2. The van der Waals surface area contributed by atoms with Crippen molar-refractivity contribution in [2.45, 2.75) is 18.6 Å². The molecule has 4 nitrogen and oxygen atoms in total. The number of pyridine rings is 1. The van der Waals surface area contributed by atoms with Gasteiger partial charge in [-0.15, -0.1) is 12.4 Å². The minimum absolute atomic E-state index is 0. The van der Waals surface area contributed by atoms with Crippen LogP contribution in [-0.2, 0) is 0 Å². The molecule has 0 saturated carbocycles. The van der Waals surface area contributed by atoms with Gasteiger partial charge < -0.3 is 11.1 Å². The Morgan fingerprint density at radius 3 is 2.76 bits per heavy atom. The average Bonchev–Trinajstić information content (AvgIpc) is 2.27. The van der Waals surface area contributed by atoms with Gasteiger partial charge in [0, 0.05) is 29.4 Å². The minimum atomic E-state index is -0.173. The molecule has 1 heterocycles. The monoisotopic (exact) mass is 275 g/mol. The van der Waals surface area contributed by atoms with Crippen molar-refractivity contribution >= 4 is 35.8 Å². The van der Waals surface area contributed by atoms with Gasteiger partial charge in [-0.3, -0.25) is 9.78 Å². The number of thioether (sulfide) groups is 1. The quantitative estimate of drug-likeness (QED) is 0.881. The Bertz CT molecular complexity index is 385. The molecule has 0 aliphatic carbocycles. The van der Waals surface area contributed by atoms with Crippen LogP contribution in [0.5, 0.6) is 0 Å². The molecule has 1 aromatic heterocycles. The maximum atomic E-state index is 11.8. The summed E-state index contributed by atoms with van der Waals surface area (Å²) in [7, 11) is 0. The number of nitrogens with two attached hydrogens (primary N) is 1. The molecule has 0 unspecified atom stereocenters. The van der Waals surface area contributed by atoms with Crippen LogP contribution in [0, 0.1) is 0 Å². The molecule has 6 heteroatoms. The number of carbonyl (C=O) groups excluding carboxylic acids is 1. The fraction of sp³-hybridized carbons (Fsp3) is 0.455. The summed E-state index contributed by atoms with van der Waals surface area (Å²) in [5, 5.41) is 2.85. The Morgan fingerprint density at radius 1 is 1.59 bits per heavy atom. The lowest BCUT2D eigenvalue weighted by molar-refractivity contribution is 0.0951. The highest BCUT2D eigenvalue weighted by Gasteiger charge is 2.18. The maximum Gasteiger partial charge on any atom is 0.254 e. The van der Waals surface area contributed by atoms with Crippen LogP contribution in [0.15, 0.2) is 18.5 Å². The second-order valence-electron chi connectivity index (χ2n) is 4.11. The van der Waals surface area contributed by atoms with Crippen molar-refractivity contribution in [3.63, 3.8) is 0 Å². The summed E-state index contributed by atoms with van der Waals surface area (Å²) in [5.74, 6) is -0.173. The van der Waals surface area contributed by atoms with Crippen molar-refractivity contribution in [2.75, 3.05) is 18.5 Å². The second-order valence-corrected chi connectivity index (χ2v) is 5.62. The molecule has 0 aromatic carbocycles. The largest absolute Gasteiger partial charge is 0.398 e. The third kappa shape index (κ3) is 4.83. The number of hydrogen-bond acceptors (Lipinski definition) is 4. The normalized spacial score (nSPS) is 10.5. The van der Waals surface area contributed by atoms with Crippen molar-refractivity contribution < 1.29 is 4.79 Å². The molecule has 0 saturated heterocycles. The number of amides is 1. The highest BCUT2D eigenvalue weighted by atomic mass is 35.5. The minimum Gasteiger partial charge on any atom is -0.398 e. The Balaban J connectivity index is 0.00000256. The van der Waals surface area contributed by atoms with Gasteiger partial charge >= 0.3 is 0 Å². The summed E-state index contributed by atoms with van der Waals surface area (Å²) >= 11 is 1.71. The van der Waals surface area contributed by atoms with Crippen molar-refractivity contribution in [2.24, 2.45) is 0 Å². The molecule has 0 atom stereocenters. The Labute approximate surface area is 112 Å². The van der Waals surface area contributed by atoms with Gasteiger partial charge in [0.25, 0.3) is 5.91 Å². The van der Waals surface area contributed by atoms with E-state index in [9.17, 15) is 4.79 Å². The lowest BCUT2D eigenvalue weighted by Gasteiger charge is -2.22. The summed E-state index contributed by atoms with van der Waals surface area (Å²) in [4.78, 5) is 15.7. The SMILES string of the molecule is CSC(C)(C)CNC(=O)c1cnccc1N.Cl. The van der Waals surface area contributed by atoms with Crippen LogP contribution in [0.25, 0.3) is 0 Å². The first-order chi connectivity index (χ1) is 7.46. The van der Waals surface area contributed by atoms with Gasteiger partial charge in [0.2, 0.25) is 0 Å². The highest BCUT2D eigenvalue weighted by Crippen LogP contribution is 2.19. The fourth-order valence-electron chi connectivity index (χ4n) is 1.06. The van der Waals surface area contributed by atoms with Crippen LogP contribution in [0.3, 0.4) is 0 Å². The number of anilines is 1. The van der Waals surface area contributed by atoms with Crippen molar-refractivity contribution in [3.05, 3.63) is 24.0 Å². The molecule has 0 bridgehead atoms. The average molecular weight is 276 g/mol. The van der Waals surface area contributed by atoms with Crippen LogP contribution in [-0.4, -0.2) is 28.4 Å². The molecule has 1 amide bonds. The standard InChI is InChI=1S/C11H17N3OS.ClH/c1-11(2,16-3)7-14-10(15)8-6-13-5-4-9(8)12;/h4-6H,7H2,1-3H3,(H2,12,13)(H,14,15);1H. The van der Waals surface area contributed by atoms with E-state index in [1.165, 1.54) is 6.20 Å². The molecule has 0 aliphatic heterocycles. The number of aromatic nitrogens is 1. The first-order valence-electron chi connectivity index (χ1n) is 4.99. The predicted octanol–water partition coefficient (Wildman–Crippen LogP) is 1.96. The number of nitrogens with zero attached hydrogens (tertiary/aromatic N) is 1. The molecule has 0 radical (unpaired) electrons. The maximum absolute atomic E-state index is 11.8. The van der Waals surface area contributed by atoms with E-state index in [0.717, 1.165) is 0 Å². The molecule has 1 rings (SSSR count). The third-order valence-electron chi connectivity index (χ3n) is 2.33. The van der Waals surface area contributed by atoms with Gasteiger partial charge in [-0.2, -0.15) is 11.8 Å². The molecule has 0 aliphatic rings. The number of nitrogens with one attached hydrogen (secondary N) is 1. The van der Waals surface area contributed by atoms with E-state index >= 15 is 0 Å². The highest BCUT2D eigenvalue weighted by molar-refractivity contribution is 7.99.